The van der Waals surface area contributed by atoms with E-state index in [0.717, 1.165) is 6.42 Å². The molecule has 0 aliphatic carbocycles. The first-order valence-corrected chi connectivity index (χ1v) is 11.6. The van der Waals surface area contributed by atoms with Crippen molar-refractivity contribution in [2.24, 2.45) is 0 Å². The van der Waals surface area contributed by atoms with E-state index in [-0.39, 0.29) is 22.8 Å². The van der Waals surface area contributed by atoms with Crippen molar-refractivity contribution in [3.8, 4) is 5.75 Å². The molecule has 2 amide bonds. The minimum absolute atomic E-state index is 0.00180. The number of benzene rings is 2. The highest BCUT2D eigenvalue weighted by Gasteiger charge is 2.34. The number of carbonyl (C=O) groups is 2. The third kappa shape index (κ3) is 5.35. The maximum Gasteiger partial charge on any atom is 0.262 e. The number of amides is 2. The lowest BCUT2D eigenvalue weighted by Gasteiger charge is -2.25. The maximum absolute atomic E-state index is 12.9. The number of ether oxygens (including phenoxy) is 1. The van der Waals surface area contributed by atoms with Crippen LogP contribution in [0.15, 0.2) is 53.4 Å². The molecule has 2 aromatic rings. The van der Waals surface area contributed by atoms with Gasteiger partial charge in [0.05, 0.1) is 12.0 Å². The number of likely N-dealkylation sites (tertiary alicyclic amines) is 1. The van der Waals surface area contributed by atoms with E-state index in [1.807, 2.05) is 13.8 Å². The Morgan fingerprint density at radius 1 is 1.13 bits per heavy atom. The Kier molecular flexibility index (Phi) is 6.84. The van der Waals surface area contributed by atoms with Crippen LogP contribution in [-0.2, 0) is 14.8 Å². The zero-order valence-electron chi connectivity index (χ0n) is 17.8. The summed E-state index contributed by atoms with van der Waals surface area (Å²) in [4.78, 5) is 27.0. The van der Waals surface area contributed by atoms with Crippen molar-refractivity contribution in [1.29, 1.82) is 0 Å². The Balaban J connectivity index is 1.72. The first-order chi connectivity index (χ1) is 14.7. The normalized spacial score (nSPS) is 16.3. The number of hydrogen-bond acceptors (Lipinski definition) is 5. The largest absolute Gasteiger partial charge is 0.497 e. The second kappa shape index (κ2) is 9.38. The molecule has 2 N–H and O–H groups in total. The first-order valence-electron chi connectivity index (χ1n) is 10.1. The zero-order valence-corrected chi connectivity index (χ0v) is 18.6. The van der Waals surface area contributed by atoms with Crippen LogP contribution in [0.4, 0.5) is 5.69 Å². The van der Waals surface area contributed by atoms with Gasteiger partial charge in [0.15, 0.2) is 0 Å². The van der Waals surface area contributed by atoms with Crippen LogP contribution >= 0.6 is 0 Å². The van der Waals surface area contributed by atoms with Crippen LogP contribution in [0, 0.1) is 0 Å². The lowest BCUT2D eigenvalue weighted by atomic mass is 10.1. The molecule has 31 heavy (non-hydrogen) atoms. The van der Waals surface area contributed by atoms with Gasteiger partial charge in [-0.05, 0) is 63.1 Å². The number of rotatable bonds is 7. The van der Waals surface area contributed by atoms with Gasteiger partial charge in [-0.3, -0.25) is 14.3 Å². The van der Waals surface area contributed by atoms with Gasteiger partial charge < -0.3 is 15.0 Å². The molecular formula is C22H27N3O5S. The molecule has 1 atom stereocenters. The van der Waals surface area contributed by atoms with E-state index in [1.54, 1.807) is 29.2 Å². The molecule has 1 aliphatic heterocycles. The van der Waals surface area contributed by atoms with Gasteiger partial charge in [0.25, 0.3) is 15.9 Å². The van der Waals surface area contributed by atoms with Gasteiger partial charge in [-0.1, -0.05) is 6.07 Å². The van der Waals surface area contributed by atoms with E-state index in [0.29, 0.717) is 30.0 Å². The molecule has 1 aliphatic rings. The van der Waals surface area contributed by atoms with Crippen molar-refractivity contribution in [3.63, 3.8) is 0 Å². The molecular weight excluding hydrogens is 418 g/mol. The number of sulfonamides is 1. The monoisotopic (exact) mass is 445 g/mol. The summed E-state index contributed by atoms with van der Waals surface area (Å²) in [5.41, 5.74) is 0.725. The lowest BCUT2D eigenvalue weighted by Crippen LogP contribution is -2.47. The Morgan fingerprint density at radius 3 is 2.48 bits per heavy atom. The van der Waals surface area contributed by atoms with Crippen LogP contribution in [0.25, 0.3) is 0 Å². The van der Waals surface area contributed by atoms with Crippen molar-refractivity contribution in [2.45, 2.75) is 43.7 Å². The van der Waals surface area contributed by atoms with Crippen LogP contribution in [0.2, 0.25) is 0 Å². The van der Waals surface area contributed by atoms with Crippen molar-refractivity contribution in [3.05, 3.63) is 54.1 Å². The van der Waals surface area contributed by atoms with Gasteiger partial charge in [-0.2, -0.15) is 0 Å². The molecule has 1 fully saturated rings. The van der Waals surface area contributed by atoms with Crippen LogP contribution in [0.3, 0.4) is 0 Å². The van der Waals surface area contributed by atoms with E-state index >= 15 is 0 Å². The smallest absolute Gasteiger partial charge is 0.262 e. The van der Waals surface area contributed by atoms with E-state index in [1.165, 1.54) is 31.4 Å². The van der Waals surface area contributed by atoms with Gasteiger partial charge in [0, 0.05) is 29.9 Å². The molecule has 9 heteroatoms. The van der Waals surface area contributed by atoms with Gasteiger partial charge >= 0.3 is 0 Å². The van der Waals surface area contributed by atoms with Crippen molar-refractivity contribution in [2.75, 3.05) is 18.4 Å². The summed E-state index contributed by atoms with van der Waals surface area (Å²) in [7, 11) is -2.34. The molecule has 1 unspecified atom stereocenters. The third-order valence-corrected chi connectivity index (χ3v) is 6.36. The zero-order chi connectivity index (χ0) is 22.6. The second-order valence-corrected chi connectivity index (χ2v) is 9.36. The Labute approximate surface area is 182 Å². The average Bonchev–Trinajstić information content (AvgIpc) is 3.23. The van der Waals surface area contributed by atoms with Crippen molar-refractivity contribution in [1.82, 2.24) is 10.2 Å². The molecule has 0 radical (unpaired) electrons. The first kappa shape index (κ1) is 22.6. The fraction of sp³-hybridized carbons (Fsp3) is 0.364. The highest BCUT2D eigenvalue weighted by molar-refractivity contribution is 7.92. The molecule has 1 heterocycles. The maximum atomic E-state index is 12.9. The van der Waals surface area contributed by atoms with Crippen LogP contribution in [-0.4, -0.2) is 50.9 Å². The van der Waals surface area contributed by atoms with Gasteiger partial charge in [0.2, 0.25) is 5.91 Å². The van der Waals surface area contributed by atoms with E-state index in [2.05, 4.69) is 10.0 Å². The van der Waals surface area contributed by atoms with Crippen LogP contribution in [0.1, 0.15) is 37.0 Å². The molecule has 3 rings (SSSR count). The van der Waals surface area contributed by atoms with Crippen molar-refractivity contribution >= 4 is 27.5 Å². The van der Waals surface area contributed by atoms with Gasteiger partial charge in [-0.15, -0.1) is 0 Å². The summed E-state index contributed by atoms with van der Waals surface area (Å²) in [6, 6.07) is 11.8. The summed E-state index contributed by atoms with van der Waals surface area (Å²) in [6.07, 6.45) is 1.39. The van der Waals surface area contributed by atoms with E-state index in [4.69, 9.17) is 4.74 Å². The van der Waals surface area contributed by atoms with E-state index in [9.17, 15) is 18.0 Å². The van der Waals surface area contributed by atoms with Crippen LogP contribution in [0.5, 0.6) is 5.75 Å². The van der Waals surface area contributed by atoms with Gasteiger partial charge in [0.1, 0.15) is 11.8 Å². The predicted octanol–water partition coefficient (Wildman–Crippen LogP) is 2.63. The lowest BCUT2D eigenvalue weighted by molar-refractivity contribution is -0.125. The summed E-state index contributed by atoms with van der Waals surface area (Å²) in [5.74, 6) is 0.0395. The molecule has 0 aromatic heterocycles. The Bertz CT molecular complexity index is 1050. The minimum Gasteiger partial charge on any atom is -0.497 e. The quantitative estimate of drug-likeness (QED) is 0.682. The molecule has 2 aromatic carbocycles. The Morgan fingerprint density at radius 2 is 1.84 bits per heavy atom. The third-order valence-electron chi connectivity index (χ3n) is 4.98. The standard InChI is InChI=1S/C22H27N3O5S/c1-15(2)23-21(26)20-8-5-13-25(20)22(27)16-9-11-17(12-10-16)24-31(28,29)19-7-4-6-18(14-19)30-3/h4,6-7,9-12,14-15,20,24H,5,8,13H2,1-3H3,(H,23,26). The SMILES string of the molecule is COc1cccc(S(=O)(=O)Nc2ccc(C(=O)N3CCCC3C(=O)NC(C)C)cc2)c1. The predicted molar refractivity (Wildman–Crippen MR) is 118 cm³/mol. The molecule has 0 spiro atoms. The number of carbonyl (C=O) groups excluding carboxylic acids is 2. The number of nitrogens with one attached hydrogen (secondary N) is 2. The van der Waals surface area contributed by atoms with Crippen molar-refractivity contribution < 1.29 is 22.7 Å². The number of methoxy groups -OCH3 is 1. The molecule has 166 valence electrons. The minimum atomic E-state index is -3.80. The fourth-order valence-corrected chi connectivity index (χ4v) is 4.59. The van der Waals surface area contributed by atoms with Crippen LogP contribution < -0.4 is 14.8 Å². The van der Waals surface area contributed by atoms with E-state index < -0.39 is 16.1 Å². The summed E-state index contributed by atoms with van der Waals surface area (Å²) in [5, 5.41) is 2.86. The fourth-order valence-electron chi connectivity index (χ4n) is 3.49. The molecule has 0 bridgehead atoms. The second-order valence-electron chi connectivity index (χ2n) is 7.68. The topological polar surface area (TPSA) is 105 Å². The number of anilines is 1. The summed E-state index contributed by atoms with van der Waals surface area (Å²) < 4.78 is 32.8. The molecule has 1 saturated heterocycles. The molecule has 0 saturated carbocycles. The summed E-state index contributed by atoms with van der Waals surface area (Å²) in [6.45, 7) is 4.27. The number of hydrogen-bond donors (Lipinski definition) is 2. The van der Waals surface area contributed by atoms with Gasteiger partial charge in [-0.25, -0.2) is 8.42 Å². The summed E-state index contributed by atoms with van der Waals surface area (Å²) >= 11 is 0. The average molecular weight is 446 g/mol. The number of nitrogens with zero attached hydrogens (tertiary/aromatic N) is 1. The molecule has 8 nitrogen and oxygen atoms in total. The highest BCUT2D eigenvalue weighted by Crippen LogP contribution is 2.23. The Hall–Kier alpha value is -3.07. The highest BCUT2D eigenvalue weighted by atomic mass is 32.2.